The van der Waals surface area contributed by atoms with Crippen LogP contribution in [0, 0.1) is 0 Å². The van der Waals surface area contributed by atoms with Crippen LogP contribution in [0.5, 0.6) is 0 Å². The minimum absolute atomic E-state index is 0.140. The molecular formula is C68H113NO8. The van der Waals surface area contributed by atoms with Crippen LogP contribution in [0.3, 0.4) is 0 Å². The normalized spacial score (nSPS) is 13.6. The summed E-state index contributed by atoms with van der Waals surface area (Å²) in [4.78, 5) is 37.3. The Bertz CT molecular complexity index is 1670. The smallest absolute Gasteiger partial charge is 0.306 e. The second-order valence-electron chi connectivity index (χ2n) is 21.3. The van der Waals surface area contributed by atoms with Gasteiger partial charge in [0.15, 0.2) is 12.4 Å². The second kappa shape index (κ2) is 57.9. The number of unbranched alkanes of at least 4 members (excludes halogenated alkanes) is 20. The van der Waals surface area contributed by atoms with E-state index in [2.05, 4.69) is 135 Å². The van der Waals surface area contributed by atoms with Gasteiger partial charge in [0.05, 0.1) is 40.3 Å². The lowest BCUT2D eigenvalue weighted by Gasteiger charge is -2.26. The van der Waals surface area contributed by atoms with E-state index in [1.807, 2.05) is 21.1 Å². The number of ether oxygens (including phenoxy) is 4. The molecule has 0 heterocycles. The van der Waals surface area contributed by atoms with Crippen LogP contribution in [0.2, 0.25) is 0 Å². The molecule has 0 spiro atoms. The molecule has 9 nitrogen and oxygen atoms in total. The van der Waals surface area contributed by atoms with Gasteiger partial charge in [0.2, 0.25) is 0 Å². The number of hydrogen-bond acceptors (Lipinski definition) is 8. The summed E-state index contributed by atoms with van der Waals surface area (Å²) < 4.78 is 22.7. The molecule has 0 saturated carbocycles. The van der Waals surface area contributed by atoms with Crippen molar-refractivity contribution < 1.29 is 42.9 Å². The molecule has 0 aliphatic carbocycles. The molecular weight excluding hydrogens is 959 g/mol. The fourth-order valence-corrected chi connectivity index (χ4v) is 7.99. The molecule has 0 saturated heterocycles. The van der Waals surface area contributed by atoms with Gasteiger partial charge >= 0.3 is 11.9 Å². The van der Waals surface area contributed by atoms with Gasteiger partial charge in [0.1, 0.15) is 13.2 Å². The predicted octanol–water partition coefficient (Wildman–Crippen LogP) is 17.1. The van der Waals surface area contributed by atoms with Gasteiger partial charge in [0, 0.05) is 12.8 Å². The third kappa shape index (κ3) is 59.2. The Kier molecular flexibility index (Phi) is 54.6. The molecule has 0 N–H and O–H groups in total. The largest absolute Gasteiger partial charge is 0.545 e. The van der Waals surface area contributed by atoms with E-state index >= 15 is 0 Å². The average molecular weight is 1070 g/mol. The number of aliphatic carboxylic acids is 1. The molecule has 438 valence electrons. The van der Waals surface area contributed by atoms with E-state index in [4.69, 9.17) is 18.9 Å². The molecule has 0 amide bonds. The van der Waals surface area contributed by atoms with E-state index in [1.54, 1.807) is 0 Å². The van der Waals surface area contributed by atoms with E-state index in [0.717, 1.165) is 116 Å². The van der Waals surface area contributed by atoms with Crippen molar-refractivity contribution in [2.45, 2.75) is 245 Å². The van der Waals surface area contributed by atoms with Crippen LogP contribution >= 0.6 is 0 Å². The summed E-state index contributed by atoms with van der Waals surface area (Å²) in [5.74, 6) is -2.31. The number of allylic oxidation sites excluding steroid dienone is 20. The highest BCUT2D eigenvalue weighted by Gasteiger charge is 2.22. The Hall–Kier alpha value is -4.31. The minimum atomic E-state index is -1.63. The highest BCUT2D eigenvalue weighted by Crippen LogP contribution is 2.15. The van der Waals surface area contributed by atoms with Gasteiger partial charge in [-0.15, -0.1) is 0 Å². The molecule has 0 rings (SSSR count). The molecule has 2 atom stereocenters. The Morgan fingerprint density at radius 2 is 0.740 bits per heavy atom. The zero-order valence-corrected chi connectivity index (χ0v) is 49.8. The summed E-state index contributed by atoms with van der Waals surface area (Å²) in [6.07, 6.45) is 78.2. The van der Waals surface area contributed by atoms with Gasteiger partial charge in [0.25, 0.3) is 0 Å². The van der Waals surface area contributed by atoms with Crippen LogP contribution in [0.25, 0.3) is 0 Å². The first-order valence-electron chi connectivity index (χ1n) is 30.7. The van der Waals surface area contributed by atoms with Crippen molar-refractivity contribution in [2.75, 3.05) is 47.5 Å². The molecule has 9 heteroatoms. The fraction of sp³-hybridized carbons (Fsp3) is 0.662. The first-order chi connectivity index (χ1) is 37.6. The maximum atomic E-state index is 12.9. The molecule has 0 aliphatic rings. The molecule has 0 fully saturated rings. The van der Waals surface area contributed by atoms with Crippen molar-refractivity contribution in [3.05, 3.63) is 122 Å². The third-order valence-electron chi connectivity index (χ3n) is 12.7. The van der Waals surface area contributed by atoms with Crippen molar-refractivity contribution in [1.29, 1.82) is 0 Å². The van der Waals surface area contributed by atoms with Crippen LogP contribution < -0.4 is 5.11 Å². The van der Waals surface area contributed by atoms with Crippen molar-refractivity contribution in [1.82, 2.24) is 0 Å². The number of hydrogen-bond donors (Lipinski definition) is 0. The SMILES string of the molecule is CC/C=C\C/C=C\C/C=C\C/C=C\C/C=C\C/C=C\C/C=C\C/C=C\CCCCCCCCCCCCC(=O)OC(COC(=O)CCCCCCCCC/C=C\C/C=C\CCCCC)COC(OCC[N+](C)(C)C)C(=O)[O-]. The molecule has 77 heavy (non-hydrogen) atoms. The van der Waals surface area contributed by atoms with E-state index in [0.29, 0.717) is 17.4 Å². The van der Waals surface area contributed by atoms with E-state index in [-0.39, 0.29) is 38.6 Å². The number of likely N-dealkylation sites (N-methyl/N-ethyl adjacent to an activating group) is 1. The Balaban J connectivity index is 4.21. The summed E-state index contributed by atoms with van der Waals surface area (Å²) in [7, 11) is 5.91. The molecule has 0 aromatic carbocycles. The average Bonchev–Trinajstić information content (AvgIpc) is 3.40. The Morgan fingerprint density at radius 3 is 1.10 bits per heavy atom. The number of rotatable bonds is 55. The summed E-state index contributed by atoms with van der Waals surface area (Å²) in [5.41, 5.74) is 0. The number of esters is 2. The van der Waals surface area contributed by atoms with Gasteiger partial charge < -0.3 is 33.3 Å². The lowest BCUT2D eigenvalue weighted by Crippen LogP contribution is -2.44. The zero-order valence-electron chi connectivity index (χ0n) is 49.8. The topological polar surface area (TPSA) is 111 Å². The highest BCUT2D eigenvalue weighted by molar-refractivity contribution is 5.70. The van der Waals surface area contributed by atoms with Crippen LogP contribution in [-0.4, -0.2) is 82.3 Å². The number of carboxylic acids is 1. The number of carboxylic acid groups (broad SMARTS) is 1. The summed E-state index contributed by atoms with van der Waals surface area (Å²) in [6.45, 7) is 4.58. The molecule has 0 aromatic heterocycles. The third-order valence-corrected chi connectivity index (χ3v) is 12.7. The van der Waals surface area contributed by atoms with Crippen molar-refractivity contribution in [3.8, 4) is 0 Å². The van der Waals surface area contributed by atoms with Crippen LogP contribution in [0.15, 0.2) is 122 Å². The Morgan fingerprint density at radius 1 is 0.403 bits per heavy atom. The predicted molar refractivity (Wildman–Crippen MR) is 324 cm³/mol. The number of carbonyl (C=O) groups is 3. The molecule has 2 unspecified atom stereocenters. The number of nitrogens with zero attached hydrogens (tertiary/aromatic N) is 1. The zero-order chi connectivity index (χ0) is 56.2. The maximum Gasteiger partial charge on any atom is 0.306 e. The van der Waals surface area contributed by atoms with E-state index < -0.39 is 24.3 Å². The quantitative estimate of drug-likeness (QED) is 0.0195. The number of quaternary nitrogens is 1. The van der Waals surface area contributed by atoms with Crippen molar-refractivity contribution >= 4 is 17.9 Å². The van der Waals surface area contributed by atoms with Crippen molar-refractivity contribution in [3.63, 3.8) is 0 Å². The van der Waals surface area contributed by atoms with Crippen LogP contribution in [-0.2, 0) is 33.3 Å². The summed E-state index contributed by atoms with van der Waals surface area (Å²) >= 11 is 0. The van der Waals surface area contributed by atoms with Gasteiger partial charge in [-0.05, 0) is 109 Å². The first-order valence-corrected chi connectivity index (χ1v) is 30.7. The van der Waals surface area contributed by atoms with Gasteiger partial charge in [-0.1, -0.05) is 232 Å². The number of carbonyl (C=O) groups excluding carboxylic acids is 3. The van der Waals surface area contributed by atoms with Gasteiger partial charge in [-0.3, -0.25) is 9.59 Å². The summed E-state index contributed by atoms with van der Waals surface area (Å²) in [6, 6.07) is 0. The first kappa shape index (κ1) is 72.7. The second-order valence-corrected chi connectivity index (χ2v) is 21.3. The maximum absolute atomic E-state index is 12.9. The monoisotopic (exact) mass is 1070 g/mol. The minimum Gasteiger partial charge on any atom is -0.545 e. The fourth-order valence-electron chi connectivity index (χ4n) is 7.99. The molecule has 0 aliphatic heterocycles. The molecule has 0 radical (unpaired) electrons. The van der Waals surface area contributed by atoms with Gasteiger partial charge in [-0.2, -0.15) is 0 Å². The standard InChI is InChI=1S/C68H113NO8/c1-6-8-10-12-14-16-18-20-22-24-25-26-27-28-29-30-31-32-33-34-35-36-37-38-39-40-41-43-45-47-49-51-53-55-57-59-66(71)77-64(63-76-68(67(72)73)74-61-60-69(3,4)5)62-75-65(70)58-56-54-52-50-48-46-44-42-23-21-19-17-15-13-11-9-7-2/h8,10,14-17,20-23,25-26,28-29,31-32,34-35,37-38,64,68H,6-7,9,11-13,18-19,24,27,30,33,36,39-63H2,1-5H3/b10-8-,16-14-,17-15-,22-20-,23-21-,26-25-,29-28-,32-31-,35-34-,38-37-. The van der Waals surface area contributed by atoms with E-state index in [1.165, 1.54) is 83.5 Å². The van der Waals surface area contributed by atoms with Crippen LogP contribution in [0.1, 0.15) is 232 Å². The van der Waals surface area contributed by atoms with Crippen molar-refractivity contribution in [2.24, 2.45) is 0 Å². The van der Waals surface area contributed by atoms with Crippen LogP contribution in [0.4, 0.5) is 0 Å². The Labute approximate surface area is 472 Å². The lowest BCUT2D eigenvalue weighted by molar-refractivity contribution is -0.870. The molecule has 0 bridgehead atoms. The summed E-state index contributed by atoms with van der Waals surface area (Å²) in [5, 5.41) is 11.8. The van der Waals surface area contributed by atoms with Gasteiger partial charge in [-0.25, -0.2) is 0 Å². The molecule has 0 aromatic rings. The lowest BCUT2D eigenvalue weighted by atomic mass is 10.0. The van der Waals surface area contributed by atoms with E-state index in [9.17, 15) is 19.5 Å². The highest BCUT2D eigenvalue weighted by atomic mass is 16.7.